The molecule has 1 unspecified atom stereocenters. The average Bonchev–Trinajstić information content (AvgIpc) is 2.84. The third-order valence-electron chi connectivity index (χ3n) is 3.40. The standard InChI is InChI=1S/C14H21N3O3/c1-4-19-12(18)11-8-15-13(17-10(11)2)16-9-14(3)6-5-7-20-14/h8H,4-7,9H2,1-3H3,(H,15,16,17). The molecule has 2 heterocycles. The fourth-order valence-electron chi connectivity index (χ4n) is 2.20. The highest BCUT2D eigenvalue weighted by Gasteiger charge is 2.29. The maximum atomic E-state index is 11.7. The van der Waals surface area contributed by atoms with Crippen molar-refractivity contribution in [2.75, 3.05) is 25.1 Å². The molecule has 1 fully saturated rings. The van der Waals surface area contributed by atoms with E-state index < -0.39 is 0 Å². The Balaban J connectivity index is 2.00. The number of carbonyl (C=O) groups is 1. The second-order valence-electron chi connectivity index (χ2n) is 5.17. The van der Waals surface area contributed by atoms with Gasteiger partial charge in [-0.2, -0.15) is 0 Å². The Morgan fingerprint density at radius 1 is 1.60 bits per heavy atom. The first kappa shape index (κ1) is 14.7. The van der Waals surface area contributed by atoms with Crippen LogP contribution in [-0.4, -0.2) is 41.3 Å². The van der Waals surface area contributed by atoms with Gasteiger partial charge in [-0.05, 0) is 33.6 Å². The number of nitrogens with one attached hydrogen (secondary N) is 1. The summed E-state index contributed by atoms with van der Waals surface area (Å²) in [6.07, 6.45) is 3.61. The molecule has 6 nitrogen and oxygen atoms in total. The van der Waals surface area contributed by atoms with E-state index in [2.05, 4.69) is 22.2 Å². The topological polar surface area (TPSA) is 73.3 Å². The third-order valence-corrected chi connectivity index (χ3v) is 3.40. The molecule has 1 aromatic rings. The highest BCUT2D eigenvalue weighted by atomic mass is 16.5. The number of aromatic nitrogens is 2. The van der Waals surface area contributed by atoms with Gasteiger partial charge in [-0.1, -0.05) is 0 Å². The van der Waals surface area contributed by atoms with Crippen LogP contribution in [-0.2, 0) is 9.47 Å². The predicted molar refractivity (Wildman–Crippen MR) is 74.8 cm³/mol. The molecule has 0 radical (unpaired) electrons. The zero-order valence-corrected chi connectivity index (χ0v) is 12.2. The van der Waals surface area contributed by atoms with E-state index in [1.807, 2.05) is 0 Å². The normalized spacial score (nSPS) is 21.8. The van der Waals surface area contributed by atoms with Crippen LogP contribution in [0.4, 0.5) is 5.95 Å². The Morgan fingerprint density at radius 3 is 3.00 bits per heavy atom. The molecular weight excluding hydrogens is 258 g/mol. The summed E-state index contributed by atoms with van der Waals surface area (Å²) in [4.78, 5) is 20.1. The molecule has 1 atom stereocenters. The first-order valence-corrected chi connectivity index (χ1v) is 6.93. The minimum atomic E-state index is -0.386. The van der Waals surface area contributed by atoms with Gasteiger partial charge in [0.1, 0.15) is 0 Å². The van der Waals surface area contributed by atoms with Gasteiger partial charge in [0, 0.05) is 19.3 Å². The molecule has 0 amide bonds. The van der Waals surface area contributed by atoms with Gasteiger partial charge in [-0.3, -0.25) is 0 Å². The maximum Gasteiger partial charge on any atom is 0.341 e. The largest absolute Gasteiger partial charge is 0.462 e. The van der Waals surface area contributed by atoms with Gasteiger partial charge >= 0.3 is 5.97 Å². The van der Waals surface area contributed by atoms with Gasteiger partial charge in [-0.15, -0.1) is 0 Å². The highest BCUT2D eigenvalue weighted by molar-refractivity contribution is 5.90. The fourth-order valence-corrected chi connectivity index (χ4v) is 2.20. The van der Waals surface area contributed by atoms with Crippen LogP contribution in [0.5, 0.6) is 0 Å². The number of anilines is 1. The SMILES string of the molecule is CCOC(=O)c1cnc(NCC2(C)CCCO2)nc1C. The zero-order valence-electron chi connectivity index (χ0n) is 12.2. The number of carbonyl (C=O) groups excluding carboxylic acids is 1. The van der Waals surface area contributed by atoms with Crippen LogP contribution in [0.25, 0.3) is 0 Å². The lowest BCUT2D eigenvalue weighted by molar-refractivity contribution is 0.0314. The van der Waals surface area contributed by atoms with Crippen molar-refractivity contribution in [2.24, 2.45) is 0 Å². The average molecular weight is 279 g/mol. The van der Waals surface area contributed by atoms with Crippen LogP contribution < -0.4 is 5.32 Å². The zero-order chi connectivity index (χ0) is 14.6. The molecule has 2 rings (SSSR count). The summed E-state index contributed by atoms with van der Waals surface area (Å²) in [6, 6.07) is 0. The van der Waals surface area contributed by atoms with Crippen LogP contribution in [0.15, 0.2) is 6.20 Å². The molecule has 6 heteroatoms. The molecule has 1 saturated heterocycles. The summed E-state index contributed by atoms with van der Waals surface area (Å²) in [5.74, 6) is 0.120. The number of ether oxygens (including phenoxy) is 2. The van der Waals surface area contributed by atoms with Crippen molar-refractivity contribution in [3.8, 4) is 0 Å². The maximum absolute atomic E-state index is 11.7. The molecule has 0 bridgehead atoms. The summed E-state index contributed by atoms with van der Waals surface area (Å²) >= 11 is 0. The third kappa shape index (κ3) is 3.45. The van der Waals surface area contributed by atoms with Gasteiger partial charge in [-0.25, -0.2) is 14.8 Å². The Bertz CT molecular complexity index is 485. The number of esters is 1. The second-order valence-corrected chi connectivity index (χ2v) is 5.17. The molecule has 20 heavy (non-hydrogen) atoms. The van der Waals surface area contributed by atoms with Crippen LogP contribution in [0.2, 0.25) is 0 Å². The number of nitrogens with zero attached hydrogens (tertiary/aromatic N) is 2. The molecule has 0 spiro atoms. The summed E-state index contributed by atoms with van der Waals surface area (Å²) in [6.45, 7) is 7.42. The van der Waals surface area contributed by atoms with E-state index >= 15 is 0 Å². The van der Waals surface area contributed by atoms with Crippen molar-refractivity contribution in [3.05, 3.63) is 17.5 Å². The number of aryl methyl sites for hydroxylation is 1. The van der Waals surface area contributed by atoms with Gasteiger partial charge in [0.25, 0.3) is 0 Å². The van der Waals surface area contributed by atoms with Crippen molar-refractivity contribution in [3.63, 3.8) is 0 Å². The summed E-state index contributed by atoms with van der Waals surface area (Å²) in [7, 11) is 0. The Kier molecular flexibility index (Phi) is 4.54. The summed E-state index contributed by atoms with van der Waals surface area (Å²) in [5.41, 5.74) is 0.857. The van der Waals surface area contributed by atoms with E-state index in [1.54, 1.807) is 13.8 Å². The lowest BCUT2D eigenvalue weighted by Crippen LogP contribution is -2.33. The van der Waals surface area contributed by atoms with E-state index in [9.17, 15) is 4.79 Å². The van der Waals surface area contributed by atoms with Crippen molar-refractivity contribution >= 4 is 11.9 Å². The molecule has 0 aromatic carbocycles. The van der Waals surface area contributed by atoms with Gasteiger partial charge in [0.05, 0.1) is 23.5 Å². The molecule has 1 aromatic heterocycles. The Hall–Kier alpha value is -1.69. The molecular formula is C14H21N3O3. The number of rotatable bonds is 5. The molecule has 0 aliphatic carbocycles. The van der Waals surface area contributed by atoms with E-state index in [0.29, 0.717) is 30.4 Å². The monoisotopic (exact) mass is 279 g/mol. The smallest absolute Gasteiger partial charge is 0.341 e. The predicted octanol–water partition coefficient (Wildman–Crippen LogP) is 1.94. The lowest BCUT2D eigenvalue weighted by Gasteiger charge is -2.23. The molecule has 110 valence electrons. The second kappa shape index (κ2) is 6.17. The van der Waals surface area contributed by atoms with Gasteiger partial charge in [0.15, 0.2) is 0 Å². The van der Waals surface area contributed by atoms with E-state index in [4.69, 9.17) is 9.47 Å². The van der Waals surface area contributed by atoms with E-state index in [-0.39, 0.29) is 11.6 Å². The van der Waals surface area contributed by atoms with Crippen molar-refractivity contribution in [1.82, 2.24) is 9.97 Å². The van der Waals surface area contributed by atoms with Crippen LogP contribution in [0.1, 0.15) is 42.7 Å². The quantitative estimate of drug-likeness (QED) is 0.830. The van der Waals surface area contributed by atoms with Crippen LogP contribution in [0, 0.1) is 6.92 Å². The number of hydrogen-bond donors (Lipinski definition) is 1. The highest BCUT2D eigenvalue weighted by Crippen LogP contribution is 2.24. The fraction of sp³-hybridized carbons (Fsp3) is 0.643. The molecule has 0 saturated carbocycles. The molecule has 1 aliphatic rings. The summed E-state index contributed by atoms with van der Waals surface area (Å²) < 4.78 is 10.6. The minimum Gasteiger partial charge on any atom is -0.462 e. The van der Waals surface area contributed by atoms with Crippen molar-refractivity contribution in [1.29, 1.82) is 0 Å². The van der Waals surface area contributed by atoms with Crippen LogP contribution in [0.3, 0.4) is 0 Å². The van der Waals surface area contributed by atoms with Gasteiger partial charge in [0.2, 0.25) is 5.95 Å². The Morgan fingerprint density at radius 2 is 2.40 bits per heavy atom. The van der Waals surface area contributed by atoms with Crippen molar-refractivity contribution < 1.29 is 14.3 Å². The Labute approximate surface area is 118 Å². The lowest BCUT2D eigenvalue weighted by atomic mass is 10.0. The van der Waals surface area contributed by atoms with Crippen LogP contribution >= 0.6 is 0 Å². The van der Waals surface area contributed by atoms with Crippen molar-refractivity contribution in [2.45, 2.75) is 39.2 Å². The molecule has 1 aliphatic heterocycles. The first-order chi connectivity index (χ1) is 9.54. The molecule has 1 N–H and O–H groups in total. The number of hydrogen-bond acceptors (Lipinski definition) is 6. The van der Waals surface area contributed by atoms with E-state index in [0.717, 1.165) is 19.4 Å². The van der Waals surface area contributed by atoms with E-state index in [1.165, 1.54) is 6.20 Å². The van der Waals surface area contributed by atoms with Gasteiger partial charge < -0.3 is 14.8 Å². The summed E-state index contributed by atoms with van der Waals surface area (Å²) in [5, 5.41) is 3.17. The first-order valence-electron chi connectivity index (χ1n) is 6.93. The minimum absolute atomic E-state index is 0.156.